The van der Waals surface area contributed by atoms with E-state index in [0.717, 1.165) is 24.0 Å². The Kier molecular flexibility index (Phi) is 6.32. The van der Waals surface area contributed by atoms with Crippen molar-refractivity contribution in [3.05, 3.63) is 65.8 Å². The third-order valence-corrected chi connectivity index (χ3v) is 3.55. The van der Waals surface area contributed by atoms with Crippen molar-refractivity contribution >= 4 is 6.08 Å². The number of benzene rings is 2. The van der Waals surface area contributed by atoms with Gasteiger partial charge in [-0.15, -0.1) is 0 Å². The van der Waals surface area contributed by atoms with E-state index in [1.54, 1.807) is 18.2 Å². The van der Waals surface area contributed by atoms with Gasteiger partial charge in [0, 0.05) is 0 Å². The van der Waals surface area contributed by atoms with Crippen molar-refractivity contribution in [3.63, 3.8) is 0 Å². The first-order valence-electron chi connectivity index (χ1n) is 7.68. The number of ether oxygens (including phenoxy) is 2. The molecule has 2 N–H and O–H groups in total. The monoisotopic (exact) mass is 326 g/mol. The zero-order valence-electron chi connectivity index (χ0n) is 13.9. The summed E-state index contributed by atoms with van der Waals surface area (Å²) in [6.07, 6.45) is 9.76. The fourth-order valence-electron chi connectivity index (χ4n) is 2.25. The van der Waals surface area contributed by atoms with Gasteiger partial charge in [-0.3, -0.25) is 0 Å². The predicted molar refractivity (Wildman–Crippen MR) is 95.8 cm³/mol. The van der Waals surface area contributed by atoms with Gasteiger partial charge in [0.2, 0.25) is 0 Å². The largest absolute Gasteiger partial charge is 0.504 e. The van der Waals surface area contributed by atoms with Crippen molar-refractivity contribution in [2.45, 2.75) is 12.8 Å². The lowest BCUT2D eigenvalue weighted by Crippen LogP contribution is -1.87. The number of phenolic OH excluding ortho intramolecular Hbond substituents is 2. The molecule has 2 rings (SSSR count). The van der Waals surface area contributed by atoms with Crippen LogP contribution in [0.15, 0.2) is 54.6 Å². The summed E-state index contributed by atoms with van der Waals surface area (Å²) in [7, 11) is 3.07. The minimum atomic E-state index is 0.138. The Bertz CT molecular complexity index is 732. The molecule has 2 aromatic rings. The molecule has 0 amide bonds. The second kappa shape index (κ2) is 8.67. The zero-order chi connectivity index (χ0) is 17.4. The Morgan fingerprint density at radius 3 is 2.21 bits per heavy atom. The summed E-state index contributed by atoms with van der Waals surface area (Å²) in [6.45, 7) is 0. The van der Waals surface area contributed by atoms with Crippen LogP contribution in [0.25, 0.3) is 6.08 Å². The van der Waals surface area contributed by atoms with Crippen molar-refractivity contribution in [2.75, 3.05) is 14.2 Å². The summed E-state index contributed by atoms with van der Waals surface area (Å²) in [5.41, 5.74) is 2.05. The normalized spacial score (nSPS) is 11.2. The molecule has 0 radical (unpaired) electrons. The average molecular weight is 326 g/mol. The van der Waals surface area contributed by atoms with E-state index < -0.39 is 0 Å². The molecule has 0 aromatic heterocycles. The highest BCUT2D eigenvalue weighted by Crippen LogP contribution is 2.27. The molecule has 0 aliphatic heterocycles. The van der Waals surface area contributed by atoms with E-state index in [2.05, 4.69) is 12.2 Å². The van der Waals surface area contributed by atoms with E-state index in [4.69, 9.17) is 9.47 Å². The first-order chi connectivity index (χ1) is 11.6. The summed E-state index contributed by atoms with van der Waals surface area (Å²) in [4.78, 5) is 0. The lowest BCUT2D eigenvalue weighted by molar-refractivity contribution is 0.373. The molecule has 126 valence electrons. The summed E-state index contributed by atoms with van der Waals surface area (Å²) in [6, 6.07) is 10.6. The maximum absolute atomic E-state index is 9.56. The van der Waals surface area contributed by atoms with Crippen LogP contribution in [0.5, 0.6) is 23.0 Å². The smallest absolute Gasteiger partial charge is 0.161 e. The fourth-order valence-corrected chi connectivity index (χ4v) is 2.25. The maximum atomic E-state index is 9.56. The Morgan fingerprint density at radius 1 is 0.833 bits per heavy atom. The molecule has 0 bridgehead atoms. The van der Waals surface area contributed by atoms with Gasteiger partial charge < -0.3 is 19.7 Å². The van der Waals surface area contributed by atoms with Crippen molar-refractivity contribution in [2.24, 2.45) is 0 Å². The third kappa shape index (κ3) is 4.81. The number of rotatable bonds is 7. The molecule has 0 aliphatic carbocycles. The van der Waals surface area contributed by atoms with Crippen molar-refractivity contribution < 1.29 is 19.7 Å². The Morgan fingerprint density at radius 2 is 1.50 bits per heavy atom. The van der Waals surface area contributed by atoms with Gasteiger partial charge in [0.05, 0.1) is 14.2 Å². The van der Waals surface area contributed by atoms with E-state index in [9.17, 15) is 10.2 Å². The molecule has 24 heavy (non-hydrogen) atoms. The fraction of sp³-hybridized carbons (Fsp3) is 0.200. The van der Waals surface area contributed by atoms with Crippen molar-refractivity contribution in [3.8, 4) is 23.0 Å². The Hall–Kier alpha value is -2.88. The van der Waals surface area contributed by atoms with Gasteiger partial charge in [-0.05, 0) is 48.2 Å². The van der Waals surface area contributed by atoms with Gasteiger partial charge in [0.25, 0.3) is 0 Å². The highest BCUT2D eigenvalue weighted by molar-refractivity contribution is 5.55. The second-order valence-electron chi connectivity index (χ2n) is 5.25. The third-order valence-electron chi connectivity index (χ3n) is 3.55. The molecule has 4 heteroatoms. The summed E-state index contributed by atoms with van der Waals surface area (Å²) in [5.74, 6) is 1.24. The number of allylic oxidation sites excluding steroid dienone is 3. The summed E-state index contributed by atoms with van der Waals surface area (Å²) >= 11 is 0. The molecule has 0 atom stereocenters. The van der Waals surface area contributed by atoms with E-state index >= 15 is 0 Å². The van der Waals surface area contributed by atoms with Gasteiger partial charge in [-0.2, -0.15) is 0 Å². The lowest BCUT2D eigenvalue weighted by atomic mass is 10.1. The molecular formula is C20H22O4. The number of aromatic hydroxyl groups is 2. The quantitative estimate of drug-likeness (QED) is 0.744. The topological polar surface area (TPSA) is 58.9 Å². The molecule has 4 nitrogen and oxygen atoms in total. The average Bonchev–Trinajstić information content (AvgIpc) is 2.60. The Labute approximate surface area is 142 Å². The molecule has 0 aliphatic rings. The van der Waals surface area contributed by atoms with Crippen LogP contribution < -0.4 is 9.47 Å². The highest BCUT2D eigenvalue weighted by atomic mass is 16.5. The van der Waals surface area contributed by atoms with Gasteiger partial charge in [0.15, 0.2) is 23.0 Å². The van der Waals surface area contributed by atoms with Gasteiger partial charge >= 0.3 is 0 Å². The molecule has 2 aromatic carbocycles. The van der Waals surface area contributed by atoms with Crippen LogP contribution in [0.4, 0.5) is 0 Å². The number of hydrogen-bond acceptors (Lipinski definition) is 4. The van der Waals surface area contributed by atoms with Crippen LogP contribution in [0.3, 0.4) is 0 Å². The number of methoxy groups -OCH3 is 2. The SMILES string of the molecule is COc1cc(C=CC/C=C/Cc2ccc(O)c(OC)c2)ccc1O. The van der Waals surface area contributed by atoms with Crippen LogP contribution >= 0.6 is 0 Å². The second-order valence-corrected chi connectivity index (χ2v) is 5.25. The molecular weight excluding hydrogens is 304 g/mol. The molecule has 0 saturated carbocycles. The molecule has 0 fully saturated rings. The number of phenols is 2. The van der Waals surface area contributed by atoms with E-state index in [-0.39, 0.29) is 11.5 Å². The van der Waals surface area contributed by atoms with Crippen molar-refractivity contribution in [1.29, 1.82) is 0 Å². The van der Waals surface area contributed by atoms with Crippen molar-refractivity contribution in [1.82, 2.24) is 0 Å². The summed E-state index contributed by atoms with van der Waals surface area (Å²) in [5, 5.41) is 19.1. The van der Waals surface area contributed by atoms with E-state index in [1.165, 1.54) is 14.2 Å². The van der Waals surface area contributed by atoms with Gasteiger partial charge in [-0.25, -0.2) is 0 Å². The molecule has 0 spiro atoms. The van der Waals surface area contributed by atoms with Crippen LogP contribution in [0, 0.1) is 0 Å². The van der Waals surface area contributed by atoms with Crippen LogP contribution in [0.1, 0.15) is 17.5 Å². The van der Waals surface area contributed by atoms with Gasteiger partial charge in [-0.1, -0.05) is 36.4 Å². The standard InChI is InChI=1S/C20H22O4/c1-23-19-13-15(9-11-17(19)21)7-5-3-4-6-8-16-10-12-18(22)20(14-16)24-2/h3,5-6,8-14,21-22H,4,7H2,1-2H3/b5-3+,8-6?. The molecule has 0 unspecified atom stereocenters. The van der Waals surface area contributed by atoms with Crippen LogP contribution in [-0.2, 0) is 6.42 Å². The van der Waals surface area contributed by atoms with Gasteiger partial charge in [0.1, 0.15) is 0 Å². The first kappa shape index (κ1) is 17.5. The Balaban J connectivity index is 1.86. The lowest BCUT2D eigenvalue weighted by Gasteiger charge is -2.04. The zero-order valence-corrected chi connectivity index (χ0v) is 13.9. The minimum absolute atomic E-state index is 0.138. The van der Waals surface area contributed by atoms with Crippen LogP contribution in [-0.4, -0.2) is 24.4 Å². The van der Waals surface area contributed by atoms with E-state index in [0.29, 0.717) is 11.5 Å². The minimum Gasteiger partial charge on any atom is -0.504 e. The van der Waals surface area contributed by atoms with E-state index in [1.807, 2.05) is 30.4 Å². The molecule has 0 saturated heterocycles. The first-order valence-corrected chi connectivity index (χ1v) is 7.68. The summed E-state index contributed by atoms with van der Waals surface area (Å²) < 4.78 is 10.2. The number of hydrogen-bond donors (Lipinski definition) is 2. The van der Waals surface area contributed by atoms with Crippen LogP contribution in [0.2, 0.25) is 0 Å². The molecule has 0 heterocycles. The predicted octanol–water partition coefficient (Wildman–Crippen LogP) is 4.32. The highest BCUT2D eigenvalue weighted by Gasteiger charge is 2.01. The maximum Gasteiger partial charge on any atom is 0.161 e.